The number of para-hydroxylation sites is 1. The molecule has 140 valence electrons. The van der Waals surface area contributed by atoms with Gasteiger partial charge in [0.25, 0.3) is 11.8 Å². The van der Waals surface area contributed by atoms with Gasteiger partial charge in [0.2, 0.25) is 0 Å². The second kappa shape index (κ2) is 7.40. The summed E-state index contributed by atoms with van der Waals surface area (Å²) in [5.41, 5.74) is 1.56. The molecular weight excluding hydrogens is 375 g/mol. The third kappa shape index (κ3) is 3.12. The molecule has 0 fully saturated rings. The predicted molar refractivity (Wildman–Crippen MR) is 108 cm³/mol. The van der Waals surface area contributed by atoms with E-state index in [4.69, 9.17) is 0 Å². The van der Waals surface area contributed by atoms with Gasteiger partial charge in [-0.15, -0.1) is 11.3 Å². The van der Waals surface area contributed by atoms with Crippen molar-refractivity contribution in [1.82, 2.24) is 4.90 Å². The molecule has 4 nitrogen and oxygen atoms in total. The lowest BCUT2D eigenvalue weighted by atomic mass is 10.1. The quantitative estimate of drug-likeness (QED) is 0.608. The summed E-state index contributed by atoms with van der Waals surface area (Å²) in [7, 11) is 1.77. The molecule has 1 aliphatic rings. The summed E-state index contributed by atoms with van der Waals surface area (Å²) >= 11 is 1.38. The molecule has 0 saturated heterocycles. The van der Waals surface area contributed by atoms with Crippen molar-refractivity contribution < 1.29 is 14.0 Å². The molecule has 0 N–H and O–H groups in total. The number of rotatable bonds is 5. The van der Waals surface area contributed by atoms with Crippen LogP contribution in [0.15, 0.2) is 77.8 Å². The highest BCUT2D eigenvalue weighted by Crippen LogP contribution is 2.37. The van der Waals surface area contributed by atoms with Crippen LogP contribution in [0.2, 0.25) is 0 Å². The van der Waals surface area contributed by atoms with E-state index >= 15 is 0 Å². The average Bonchev–Trinajstić information content (AvgIpc) is 3.30. The zero-order valence-corrected chi connectivity index (χ0v) is 15.9. The number of hydrogen-bond donors (Lipinski definition) is 0. The second-order valence-corrected chi connectivity index (χ2v) is 7.39. The Labute approximate surface area is 166 Å². The van der Waals surface area contributed by atoms with Gasteiger partial charge in [0.05, 0.1) is 11.3 Å². The van der Waals surface area contributed by atoms with Gasteiger partial charge in [0.15, 0.2) is 0 Å². The fourth-order valence-electron chi connectivity index (χ4n) is 3.30. The second-order valence-electron chi connectivity index (χ2n) is 6.44. The van der Waals surface area contributed by atoms with Crippen LogP contribution in [0.25, 0.3) is 5.57 Å². The number of carbonyl (C=O) groups is 2. The highest BCUT2D eigenvalue weighted by molar-refractivity contribution is 7.11. The molecule has 0 aliphatic carbocycles. The smallest absolute Gasteiger partial charge is 0.282 e. The molecule has 0 unspecified atom stereocenters. The van der Waals surface area contributed by atoms with E-state index in [9.17, 15) is 14.0 Å². The van der Waals surface area contributed by atoms with Crippen LogP contribution in [-0.4, -0.2) is 23.8 Å². The van der Waals surface area contributed by atoms with E-state index in [1.807, 2.05) is 41.8 Å². The van der Waals surface area contributed by atoms with Gasteiger partial charge >= 0.3 is 0 Å². The van der Waals surface area contributed by atoms with Crippen LogP contribution in [0, 0.1) is 5.82 Å². The molecular formula is C22H17FN2O2S. The lowest BCUT2D eigenvalue weighted by molar-refractivity contribution is -0.120. The molecule has 6 heteroatoms. The van der Waals surface area contributed by atoms with Crippen molar-refractivity contribution in [2.75, 3.05) is 11.9 Å². The number of carbonyl (C=O) groups excluding carboxylic acids is 2. The zero-order chi connectivity index (χ0) is 19.7. The average molecular weight is 392 g/mol. The Morgan fingerprint density at radius 2 is 1.64 bits per heavy atom. The van der Waals surface area contributed by atoms with Crippen molar-refractivity contribution in [3.8, 4) is 0 Å². The fourth-order valence-corrected chi connectivity index (χ4v) is 4.07. The summed E-state index contributed by atoms with van der Waals surface area (Å²) in [5, 5.41) is 1.85. The highest BCUT2D eigenvalue weighted by Gasteiger charge is 2.43. The maximum Gasteiger partial charge on any atom is 0.282 e. The molecule has 0 spiro atoms. The van der Waals surface area contributed by atoms with E-state index in [1.54, 1.807) is 24.1 Å². The number of likely N-dealkylation sites (N-methyl/N-ethyl adjacent to an activating group) is 1. The number of amides is 2. The van der Waals surface area contributed by atoms with Crippen LogP contribution in [0.3, 0.4) is 0 Å². The van der Waals surface area contributed by atoms with Gasteiger partial charge in [-0.2, -0.15) is 0 Å². The Morgan fingerprint density at radius 3 is 2.32 bits per heavy atom. The highest BCUT2D eigenvalue weighted by atomic mass is 32.1. The van der Waals surface area contributed by atoms with Gasteiger partial charge in [-0.1, -0.05) is 48.5 Å². The molecule has 2 aromatic carbocycles. The van der Waals surface area contributed by atoms with E-state index in [2.05, 4.69) is 0 Å². The van der Waals surface area contributed by atoms with Gasteiger partial charge in [-0.25, -0.2) is 9.29 Å². The van der Waals surface area contributed by atoms with Gasteiger partial charge in [0.1, 0.15) is 11.5 Å². The van der Waals surface area contributed by atoms with E-state index in [1.165, 1.54) is 29.5 Å². The normalized spacial score (nSPS) is 14.1. The minimum Gasteiger partial charge on any atom is -0.365 e. The summed E-state index contributed by atoms with van der Waals surface area (Å²) < 4.78 is 14.4. The topological polar surface area (TPSA) is 40.6 Å². The Hall–Kier alpha value is -3.25. The third-order valence-corrected chi connectivity index (χ3v) is 5.45. The number of anilines is 1. The SMILES string of the molecule is CN(Cc1ccccc1)C1=C(c2cccs2)C(=O)N(c2ccccc2F)C1=O. The van der Waals surface area contributed by atoms with Crippen LogP contribution in [0.4, 0.5) is 10.1 Å². The molecule has 1 aliphatic heterocycles. The summed E-state index contributed by atoms with van der Waals surface area (Å²) in [6, 6.07) is 19.1. The first kappa shape index (κ1) is 18.1. The van der Waals surface area contributed by atoms with Crippen LogP contribution in [-0.2, 0) is 16.1 Å². The molecule has 0 saturated carbocycles. The Kier molecular flexibility index (Phi) is 4.79. The van der Waals surface area contributed by atoms with Gasteiger partial charge in [0, 0.05) is 18.5 Å². The minimum absolute atomic E-state index is 0.0327. The predicted octanol–water partition coefficient (Wildman–Crippen LogP) is 4.30. The van der Waals surface area contributed by atoms with Crippen LogP contribution in [0.5, 0.6) is 0 Å². The molecule has 2 amide bonds. The van der Waals surface area contributed by atoms with Gasteiger partial charge in [-0.3, -0.25) is 9.59 Å². The van der Waals surface area contributed by atoms with Crippen molar-refractivity contribution in [1.29, 1.82) is 0 Å². The van der Waals surface area contributed by atoms with Crippen molar-refractivity contribution in [3.05, 3.63) is 94.1 Å². The van der Waals surface area contributed by atoms with Crippen molar-refractivity contribution in [2.45, 2.75) is 6.54 Å². The monoisotopic (exact) mass is 392 g/mol. The molecule has 28 heavy (non-hydrogen) atoms. The molecule has 0 atom stereocenters. The third-order valence-electron chi connectivity index (χ3n) is 4.56. The van der Waals surface area contributed by atoms with Crippen molar-refractivity contribution in [2.24, 2.45) is 0 Å². The van der Waals surface area contributed by atoms with Gasteiger partial charge < -0.3 is 4.90 Å². The number of thiophene rings is 1. The largest absolute Gasteiger partial charge is 0.365 e. The first-order valence-electron chi connectivity index (χ1n) is 8.74. The summed E-state index contributed by atoms with van der Waals surface area (Å²) in [6.07, 6.45) is 0. The van der Waals surface area contributed by atoms with E-state index in [0.717, 1.165) is 10.5 Å². The minimum atomic E-state index is -0.610. The summed E-state index contributed by atoms with van der Waals surface area (Å²) in [5.74, 6) is -1.63. The maximum atomic E-state index is 14.4. The number of hydrogen-bond acceptors (Lipinski definition) is 4. The lowest BCUT2D eigenvalue weighted by Gasteiger charge is -2.21. The Bertz CT molecular complexity index is 1060. The number of imide groups is 1. The van der Waals surface area contributed by atoms with E-state index in [0.29, 0.717) is 17.0 Å². The molecule has 2 heterocycles. The van der Waals surface area contributed by atoms with Crippen molar-refractivity contribution in [3.63, 3.8) is 0 Å². The first-order chi connectivity index (χ1) is 13.6. The first-order valence-corrected chi connectivity index (χ1v) is 9.62. The van der Waals surface area contributed by atoms with Crippen LogP contribution < -0.4 is 4.90 Å². The summed E-state index contributed by atoms with van der Waals surface area (Å²) in [6.45, 7) is 0.454. The lowest BCUT2D eigenvalue weighted by Crippen LogP contribution is -2.34. The number of benzene rings is 2. The van der Waals surface area contributed by atoms with E-state index in [-0.39, 0.29) is 11.4 Å². The Balaban J connectivity index is 1.79. The molecule has 0 bridgehead atoms. The van der Waals surface area contributed by atoms with E-state index < -0.39 is 17.6 Å². The summed E-state index contributed by atoms with van der Waals surface area (Å²) in [4.78, 5) is 29.8. The molecule has 1 aromatic heterocycles. The van der Waals surface area contributed by atoms with Crippen LogP contribution >= 0.6 is 11.3 Å². The Morgan fingerprint density at radius 1 is 0.929 bits per heavy atom. The zero-order valence-electron chi connectivity index (χ0n) is 15.1. The molecule has 3 aromatic rings. The standard InChI is InChI=1S/C22H17FN2O2S/c1-24(14-15-8-3-2-4-9-15)20-19(18-12-7-13-28-18)21(26)25(22(20)27)17-11-6-5-10-16(17)23/h2-13H,14H2,1H3. The van der Waals surface area contributed by atoms with Crippen molar-refractivity contribution >= 4 is 34.4 Å². The fraction of sp³-hybridized carbons (Fsp3) is 0.0909. The molecule has 0 radical (unpaired) electrons. The number of nitrogens with zero attached hydrogens (tertiary/aromatic N) is 2. The number of halogens is 1. The van der Waals surface area contributed by atoms with Gasteiger partial charge in [-0.05, 0) is 29.1 Å². The van der Waals surface area contributed by atoms with Crippen LogP contribution in [0.1, 0.15) is 10.4 Å². The molecule has 4 rings (SSSR count). The maximum absolute atomic E-state index is 14.4.